The molecule has 0 saturated carbocycles. The molecule has 0 aromatic carbocycles. The van der Waals surface area contributed by atoms with Gasteiger partial charge in [-0.15, -0.1) is 0 Å². The lowest BCUT2D eigenvalue weighted by Crippen LogP contribution is -2.26. The molecular formula is C11H22N2O. The number of aliphatic hydroxyl groups excluding tert-OH is 1. The Bertz CT molecular complexity index is 171. The van der Waals surface area contributed by atoms with Crippen molar-refractivity contribution in [3.05, 3.63) is 12.4 Å². The van der Waals surface area contributed by atoms with Crippen molar-refractivity contribution in [3.63, 3.8) is 0 Å². The number of aliphatic hydroxyl groups is 1. The molecule has 3 nitrogen and oxygen atoms in total. The quantitative estimate of drug-likeness (QED) is 0.630. The van der Waals surface area contributed by atoms with Crippen molar-refractivity contribution in [3.8, 4) is 0 Å². The molecule has 1 rings (SSSR count). The smallest absolute Gasteiger partial charge is 0.0893 e. The SMILES string of the molecule is CCCCN1C=CN(CCCCO)C1. The molecule has 0 saturated heterocycles. The van der Waals surface area contributed by atoms with Gasteiger partial charge in [-0.1, -0.05) is 13.3 Å². The Morgan fingerprint density at radius 1 is 1.07 bits per heavy atom. The van der Waals surface area contributed by atoms with Crippen LogP contribution >= 0.6 is 0 Å². The highest BCUT2D eigenvalue weighted by atomic mass is 16.2. The zero-order valence-corrected chi connectivity index (χ0v) is 9.15. The molecule has 1 N–H and O–H groups in total. The number of hydrogen-bond acceptors (Lipinski definition) is 3. The van der Waals surface area contributed by atoms with E-state index >= 15 is 0 Å². The Morgan fingerprint density at radius 2 is 1.71 bits per heavy atom. The van der Waals surface area contributed by atoms with Crippen molar-refractivity contribution in [2.24, 2.45) is 0 Å². The van der Waals surface area contributed by atoms with E-state index in [2.05, 4.69) is 29.1 Å². The largest absolute Gasteiger partial charge is 0.396 e. The van der Waals surface area contributed by atoms with Crippen LogP contribution < -0.4 is 0 Å². The third-order valence-electron chi connectivity index (χ3n) is 2.50. The standard InChI is InChI=1S/C11H22N2O/c1-2-3-6-12-8-9-13(11-12)7-4-5-10-14/h8-9,14H,2-7,10-11H2,1H3. The van der Waals surface area contributed by atoms with Gasteiger partial charge in [-0.25, -0.2) is 0 Å². The Labute approximate surface area is 87.0 Å². The molecule has 0 radical (unpaired) electrons. The summed E-state index contributed by atoms with van der Waals surface area (Å²) in [6, 6.07) is 0. The van der Waals surface area contributed by atoms with Crippen molar-refractivity contribution in [2.45, 2.75) is 32.6 Å². The van der Waals surface area contributed by atoms with Crippen LogP contribution in [0.2, 0.25) is 0 Å². The lowest BCUT2D eigenvalue weighted by atomic mass is 10.3. The summed E-state index contributed by atoms with van der Waals surface area (Å²) in [5.74, 6) is 0. The fourth-order valence-corrected chi connectivity index (χ4v) is 1.59. The first-order valence-corrected chi connectivity index (χ1v) is 5.64. The van der Waals surface area contributed by atoms with E-state index in [9.17, 15) is 0 Å². The number of unbranched alkanes of at least 4 members (excludes halogenated alkanes) is 2. The van der Waals surface area contributed by atoms with Gasteiger partial charge in [-0.05, 0) is 19.3 Å². The molecule has 3 heteroatoms. The summed E-state index contributed by atoms with van der Waals surface area (Å²) in [5, 5.41) is 8.66. The van der Waals surface area contributed by atoms with Crippen molar-refractivity contribution in [1.82, 2.24) is 9.80 Å². The maximum atomic E-state index is 8.66. The summed E-state index contributed by atoms with van der Waals surface area (Å²) < 4.78 is 0. The van der Waals surface area contributed by atoms with Gasteiger partial charge >= 0.3 is 0 Å². The second-order valence-electron chi connectivity index (χ2n) is 3.85. The van der Waals surface area contributed by atoms with Gasteiger partial charge in [-0.3, -0.25) is 0 Å². The highest BCUT2D eigenvalue weighted by molar-refractivity contribution is 4.90. The van der Waals surface area contributed by atoms with Crippen LogP contribution in [0, 0.1) is 0 Å². The van der Waals surface area contributed by atoms with Crippen LogP contribution in [0.25, 0.3) is 0 Å². The van der Waals surface area contributed by atoms with E-state index < -0.39 is 0 Å². The molecule has 0 aromatic heterocycles. The molecule has 82 valence electrons. The van der Waals surface area contributed by atoms with Crippen LogP contribution in [-0.2, 0) is 0 Å². The van der Waals surface area contributed by atoms with Crippen LogP contribution in [0.3, 0.4) is 0 Å². The van der Waals surface area contributed by atoms with E-state index in [1.807, 2.05) is 0 Å². The Kier molecular flexibility index (Phi) is 5.45. The van der Waals surface area contributed by atoms with Gasteiger partial charge < -0.3 is 14.9 Å². The van der Waals surface area contributed by atoms with Gasteiger partial charge in [0.2, 0.25) is 0 Å². The van der Waals surface area contributed by atoms with Crippen molar-refractivity contribution in [1.29, 1.82) is 0 Å². The third kappa shape index (κ3) is 4.01. The molecule has 0 aromatic rings. The molecule has 1 aliphatic heterocycles. The lowest BCUT2D eigenvalue weighted by molar-refractivity contribution is 0.242. The lowest BCUT2D eigenvalue weighted by Gasteiger charge is -2.20. The van der Waals surface area contributed by atoms with Gasteiger partial charge in [0, 0.05) is 32.1 Å². The van der Waals surface area contributed by atoms with E-state index in [-0.39, 0.29) is 0 Å². The first-order valence-electron chi connectivity index (χ1n) is 5.64. The topological polar surface area (TPSA) is 26.7 Å². The third-order valence-corrected chi connectivity index (χ3v) is 2.50. The van der Waals surface area contributed by atoms with Crippen LogP contribution in [0.1, 0.15) is 32.6 Å². The molecule has 0 bridgehead atoms. The molecule has 0 atom stereocenters. The van der Waals surface area contributed by atoms with Gasteiger partial charge in [0.25, 0.3) is 0 Å². The number of hydrogen-bond donors (Lipinski definition) is 1. The predicted octanol–water partition coefficient (Wildman–Crippen LogP) is 1.61. The molecular weight excluding hydrogens is 176 g/mol. The minimum atomic E-state index is 0.317. The first kappa shape index (κ1) is 11.4. The second-order valence-corrected chi connectivity index (χ2v) is 3.85. The zero-order valence-electron chi connectivity index (χ0n) is 9.15. The molecule has 0 spiro atoms. The fraction of sp³-hybridized carbons (Fsp3) is 0.818. The van der Waals surface area contributed by atoms with Gasteiger partial charge in [0.15, 0.2) is 0 Å². The van der Waals surface area contributed by atoms with Gasteiger partial charge in [0.1, 0.15) is 0 Å². The van der Waals surface area contributed by atoms with E-state index in [4.69, 9.17) is 5.11 Å². The normalized spacial score (nSPS) is 15.6. The molecule has 0 unspecified atom stereocenters. The fourth-order valence-electron chi connectivity index (χ4n) is 1.59. The Balaban J connectivity index is 2.06. The van der Waals surface area contributed by atoms with Crippen molar-refractivity contribution in [2.75, 3.05) is 26.4 Å². The summed E-state index contributed by atoms with van der Waals surface area (Å²) in [5.41, 5.74) is 0. The van der Waals surface area contributed by atoms with Crippen LogP contribution in [0.15, 0.2) is 12.4 Å². The maximum Gasteiger partial charge on any atom is 0.0893 e. The van der Waals surface area contributed by atoms with E-state index in [0.717, 1.165) is 26.1 Å². The zero-order chi connectivity index (χ0) is 10.2. The number of nitrogens with zero attached hydrogens (tertiary/aromatic N) is 2. The highest BCUT2D eigenvalue weighted by Crippen LogP contribution is 2.08. The first-order chi connectivity index (χ1) is 6.86. The summed E-state index contributed by atoms with van der Waals surface area (Å²) in [6.07, 6.45) is 8.87. The van der Waals surface area contributed by atoms with E-state index in [1.165, 1.54) is 19.4 Å². The summed E-state index contributed by atoms with van der Waals surface area (Å²) in [4.78, 5) is 4.66. The molecule has 0 amide bonds. The highest BCUT2D eigenvalue weighted by Gasteiger charge is 2.10. The van der Waals surface area contributed by atoms with E-state index in [0.29, 0.717) is 6.61 Å². The Hall–Kier alpha value is -0.700. The average Bonchev–Trinajstić information content (AvgIpc) is 2.63. The van der Waals surface area contributed by atoms with Crippen LogP contribution in [-0.4, -0.2) is 41.3 Å². The minimum Gasteiger partial charge on any atom is -0.396 e. The summed E-state index contributed by atoms with van der Waals surface area (Å²) in [6.45, 7) is 5.81. The van der Waals surface area contributed by atoms with Crippen molar-refractivity contribution >= 4 is 0 Å². The Morgan fingerprint density at radius 3 is 2.29 bits per heavy atom. The summed E-state index contributed by atoms with van der Waals surface area (Å²) >= 11 is 0. The van der Waals surface area contributed by atoms with Gasteiger partial charge in [0.05, 0.1) is 6.67 Å². The molecule has 1 heterocycles. The minimum absolute atomic E-state index is 0.317. The molecule has 1 aliphatic rings. The average molecular weight is 198 g/mol. The molecule has 14 heavy (non-hydrogen) atoms. The monoisotopic (exact) mass is 198 g/mol. The molecule has 0 fully saturated rings. The van der Waals surface area contributed by atoms with E-state index in [1.54, 1.807) is 0 Å². The van der Waals surface area contributed by atoms with Crippen LogP contribution in [0.5, 0.6) is 0 Å². The second kappa shape index (κ2) is 6.71. The molecule has 0 aliphatic carbocycles. The maximum absolute atomic E-state index is 8.66. The predicted molar refractivity (Wildman–Crippen MR) is 58.6 cm³/mol. The summed E-state index contributed by atoms with van der Waals surface area (Å²) in [7, 11) is 0. The number of rotatable bonds is 7. The van der Waals surface area contributed by atoms with Crippen molar-refractivity contribution < 1.29 is 5.11 Å². The van der Waals surface area contributed by atoms with Crippen LogP contribution in [0.4, 0.5) is 0 Å². The van der Waals surface area contributed by atoms with Gasteiger partial charge in [-0.2, -0.15) is 0 Å².